The third-order valence-electron chi connectivity index (χ3n) is 5.49. The number of alkyl halides is 3. The maximum atomic E-state index is 13.6. The molecule has 0 radical (unpaired) electrons. The lowest BCUT2D eigenvalue weighted by Crippen LogP contribution is -2.40. The van der Waals surface area contributed by atoms with E-state index in [9.17, 15) is 13.2 Å². The van der Waals surface area contributed by atoms with E-state index >= 15 is 0 Å². The fourth-order valence-electron chi connectivity index (χ4n) is 4.18. The third kappa shape index (κ3) is 2.75. The smallest absolute Gasteiger partial charge is 0.401 e. The number of fused-ring (bicyclic) bond motifs is 1. The predicted octanol–water partition coefficient (Wildman–Crippen LogP) is 4.40. The van der Waals surface area contributed by atoms with Gasteiger partial charge in [-0.3, -0.25) is 0 Å². The van der Waals surface area contributed by atoms with E-state index in [0.717, 1.165) is 30.7 Å². The molecular weight excluding hydrogens is 335 g/mol. The second kappa shape index (κ2) is 5.85. The molecule has 0 spiro atoms. The van der Waals surface area contributed by atoms with Gasteiger partial charge in [0, 0.05) is 25.7 Å². The van der Waals surface area contributed by atoms with Gasteiger partial charge in [0.25, 0.3) is 0 Å². The molecule has 1 fully saturated rings. The van der Waals surface area contributed by atoms with Crippen molar-refractivity contribution >= 4 is 0 Å². The highest BCUT2D eigenvalue weighted by atomic mass is 19.4. The van der Waals surface area contributed by atoms with E-state index in [4.69, 9.17) is 8.94 Å². The summed E-state index contributed by atoms with van der Waals surface area (Å²) in [6.07, 6.45) is -0.121. The van der Waals surface area contributed by atoms with Crippen molar-refractivity contribution in [3.63, 3.8) is 0 Å². The maximum absolute atomic E-state index is 13.6. The topological polar surface area (TPSA) is 65.0 Å². The molecule has 0 aliphatic heterocycles. The molecule has 0 saturated heterocycles. The Balaban J connectivity index is 1.58. The average molecular weight is 355 g/mol. The Morgan fingerprint density at radius 3 is 2.64 bits per heavy atom. The second-order valence-electron chi connectivity index (χ2n) is 7.13. The largest absolute Gasteiger partial charge is 0.446 e. The predicted molar refractivity (Wildman–Crippen MR) is 81.1 cm³/mol. The van der Waals surface area contributed by atoms with E-state index in [-0.39, 0.29) is 30.5 Å². The van der Waals surface area contributed by atoms with Crippen LogP contribution >= 0.6 is 0 Å². The van der Waals surface area contributed by atoms with Gasteiger partial charge in [0.05, 0.1) is 5.69 Å². The lowest BCUT2D eigenvalue weighted by molar-refractivity contribution is -0.191. The highest BCUT2D eigenvalue weighted by molar-refractivity contribution is 5.20. The monoisotopic (exact) mass is 355 g/mol. The van der Waals surface area contributed by atoms with E-state index in [1.807, 2.05) is 0 Å². The standard InChI is InChI=1S/C17H20F3N3O2/c1-10-21-14-11(5-4-6-12(14)24-10)9-13-22-15(23-25-13)16(17(18,19)20)7-2-3-8-16/h11H,2-9H2,1H3. The first kappa shape index (κ1) is 16.6. The molecule has 2 aliphatic carbocycles. The molecule has 8 heteroatoms. The van der Waals surface area contributed by atoms with Gasteiger partial charge in [-0.05, 0) is 25.7 Å². The van der Waals surface area contributed by atoms with Crippen molar-refractivity contribution in [1.29, 1.82) is 0 Å². The van der Waals surface area contributed by atoms with Crippen molar-refractivity contribution in [2.24, 2.45) is 0 Å². The number of nitrogens with zero attached hydrogens (tertiary/aromatic N) is 3. The summed E-state index contributed by atoms with van der Waals surface area (Å²) >= 11 is 0. The molecule has 5 nitrogen and oxygen atoms in total. The number of hydrogen-bond donors (Lipinski definition) is 0. The Hall–Kier alpha value is -1.86. The summed E-state index contributed by atoms with van der Waals surface area (Å²) in [6.45, 7) is 1.80. The Labute approximate surface area is 143 Å². The van der Waals surface area contributed by atoms with Crippen molar-refractivity contribution in [2.45, 2.75) is 75.8 Å². The summed E-state index contributed by atoms with van der Waals surface area (Å²) in [4.78, 5) is 8.58. The van der Waals surface area contributed by atoms with Crippen LogP contribution in [0.2, 0.25) is 0 Å². The van der Waals surface area contributed by atoms with Gasteiger partial charge < -0.3 is 8.94 Å². The quantitative estimate of drug-likeness (QED) is 0.816. The summed E-state index contributed by atoms with van der Waals surface area (Å²) in [7, 11) is 0. The van der Waals surface area contributed by atoms with E-state index in [1.165, 1.54) is 0 Å². The Kier molecular flexibility index (Phi) is 3.88. The van der Waals surface area contributed by atoms with Gasteiger partial charge in [-0.25, -0.2) is 4.98 Å². The zero-order valence-electron chi connectivity index (χ0n) is 14.0. The fraction of sp³-hybridized carbons (Fsp3) is 0.706. The Morgan fingerprint density at radius 2 is 1.92 bits per heavy atom. The highest BCUT2D eigenvalue weighted by Gasteiger charge is 2.59. The maximum Gasteiger partial charge on any atom is 0.401 e. The van der Waals surface area contributed by atoms with Crippen molar-refractivity contribution in [2.75, 3.05) is 0 Å². The zero-order valence-corrected chi connectivity index (χ0v) is 14.0. The van der Waals surface area contributed by atoms with Gasteiger partial charge in [-0.15, -0.1) is 0 Å². The molecule has 0 amide bonds. The van der Waals surface area contributed by atoms with Crippen LogP contribution in [0, 0.1) is 6.92 Å². The van der Waals surface area contributed by atoms with Crippen LogP contribution in [0.3, 0.4) is 0 Å². The first-order valence-electron chi connectivity index (χ1n) is 8.75. The molecule has 2 aromatic rings. The van der Waals surface area contributed by atoms with Crippen LogP contribution in [-0.2, 0) is 18.3 Å². The minimum Gasteiger partial charge on any atom is -0.446 e. The van der Waals surface area contributed by atoms with Crippen LogP contribution in [0.1, 0.15) is 73.5 Å². The van der Waals surface area contributed by atoms with E-state index in [0.29, 0.717) is 25.2 Å². The van der Waals surface area contributed by atoms with Crippen LogP contribution < -0.4 is 0 Å². The molecule has 136 valence electrons. The van der Waals surface area contributed by atoms with Gasteiger partial charge in [-0.2, -0.15) is 18.2 Å². The van der Waals surface area contributed by atoms with Crippen molar-refractivity contribution in [3.8, 4) is 0 Å². The Bertz CT molecular complexity index is 760. The molecule has 0 aromatic carbocycles. The highest BCUT2D eigenvalue weighted by Crippen LogP contribution is 2.51. The lowest BCUT2D eigenvalue weighted by atomic mass is 9.84. The number of aromatic nitrogens is 3. The number of oxazole rings is 1. The number of halogens is 3. The van der Waals surface area contributed by atoms with E-state index < -0.39 is 11.6 Å². The van der Waals surface area contributed by atoms with Gasteiger partial charge >= 0.3 is 6.18 Å². The normalized spacial score (nSPS) is 23.0. The molecule has 1 unspecified atom stereocenters. The fourth-order valence-corrected chi connectivity index (χ4v) is 4.18. The summed E-state index contributed by atoms with van der Waals surface area (Å²) in [5.41, 5.74) is -1.06. The molecule has 1 saturated carbocycles. The summed E-state index contributed by atoms with van der Waals surface area (Å²) in [5.74, 6) is 1.59. The summed E-state index contributed by atoms with van der Waals surface area (Å²) in [5, 5.41) is 3.71. The van der Waals surface area contributed by atoms with Crippen LogP contribution in [-0.4, -0.2) is 21.3 Å². The van der Waals surface area contributed by atoms with Gasteiger partial charge in [0.15, 0.2) is 11.7 Å². The molecule has 4 rings (SSSR count). The minimum atomic E-state index is -4.36. The number of aryl methyl sites for hydroxylation is 2. The third-order valence-corrected chi connectivity index (χ3v) is 5.49. The molecule has 2 aromatic heterocycles. The molecule has 2 aliphatic rings. The lowest BCUT2D eigenvalue weighted by Gasteiger charge is -2.27. The van der Waals surface area contributed by atoms with Gasteiger partial charge in [0.1, 0.15) is 11.2 Å². The summed E-state index contributed by atoms with van der Waals surface area (Å²) < 4.78 is 51.7. The van der Waals surface area contributed by atoms with Gasteiger partial charge in [0.2, 0.25) is 5.89 Å². The minimum absolute atomic E-state index is 0.0333. The van der Waals surface area contributed by atoms with Crippen molar-refractivity contribution in [3.05, 3.63) is 29.1 Å². The molecule has 2 heterocycles. The van der Waals surface area contributed by atoms with E-state index in [1.54, 1.807) is 6.92 Å². The molecular formula is C17H20F3N3O2. The first-order chi connectivity index (χ1) is 11.9. The molecule has 0 N–H and O–H groups in total. The first-order valence-corrected chi connectivity index (χ1v) is 8.75. The van der Waals surface area contributed by atoms with Gasteiger partial charge in [-0.1, -0.05) is 18.0 Å². The number of rotatable bonds is 3. The molecule has 0 bridgehead atoms. The van der Waals surface area contributed by atoms with Crippen LogP contribution in [0.4, 0.5) is 13.2 Å². The van der Waals surface area contributed by atoms with E-state index in [2.05, 4.69) is 15.1 Å². The van der Waals surface area contributed by atoms with Crippen LogP contribution in [0.15, 0.2) is 8.94 Å². The second-order valence-corrected chi connectivity index (χ2v) is 7.13. The molecule has 1 atom stereocenters. The Morgan fingerprint density at radius 1 is 1.16 bits per heavy atom. The summed E-state index contributed by atoms with van der Waals surface area (Å²) in [6, 6.07) is 0. The molecule has 25 heavy (non-hydrogen) atoms. The zero-order chi connectivity index (χ0) is 17.7. The van der Waals surface area contributed by atoms with Crippen molar-refractivity contribution in [1.82, 2.24) is 15.1 Å². The number of hydrogen-bond acceptors (Lipinski definition) is 5. The van der Waals surface area contributed by atoms with Crippen molar-refractivity contribution < 1.29 is 22.1 Å². The average Bonchev–Trinajstić information content (AvgIpc) is 3.24. The van der Waals surface area contributed by atoms with Crippen LogP contribution in [0.5, 0.6) is 0 Å². The van der Waals surface area contributed by atoms with Crippen LogP contribution in [0.25, 0.3) is 0 Å². The SMILES string of the molecule is Cc1nc2c(o1)CCCC2Cc1nc(C2(C(F)(F)F)CCCC2)no1.